The van der Waals surface area contributed by atoms with Crippen LogP contribution in [0.15, 0.2) is 0 Å². The molecule has 7 unspecified atom stereocenters. The molecule has 2 saturated carbocycles. The van der Waals surface area contributed by atoms with Crippen LogP contribution in [0.3, 0.4) is 0 Å². The summed E-state index contributed by atoms with van der Waals surface area (Å²) in [4.78, 5) is 0. The Morgan fingerprint density at radius 2 is 1.08 bits per heavy atom. The van der Waals surface area contributed by atoms with Gasteiger partial charge in [0.2, 0.25) is 0 Å². The average Bonchev–Trinajstić information content (AvgIpc) is 2.51. The van der Waals surface area contributed by atoms with Crippen molar-refractivity contribution >= 4 is 0 Å². The lowest BCUT2D eigenvalue weighted by molar-refractivity contribution is -0.000211. The monoisotopic (exact) mass is 349 g/mol. The summed E-state index contributed by atoms with van der Waals surface area (Å²) in [5, 5.41) is 0. The van der Waals surface area contributed by atoms with Crippen LogP contribution in [0.1, 0.15) is 93.4 Å². The molecule has 2 aliphatic rings. The fourth-order valence-corrected chi connectivity index (χ4v) is 6.63. The van der Waals surface area contributed by atoms with Gasteiger partial charge >= 0.3 is 0 Å². The van der Waals surface area contributed by atoms with Crippen LogP contribution in [0.2, 0.25) is 0 Å². The lowest BCUT2D eigenvalue weighted by Gasteiger charge is -2.50. The second-order valence-electron chi connectivity index (χ2n) is 10.9. The van der Waals surface area contributed by atoms with Crippen LogP contribution >= 0.6 is 0 Å². The Morgan fingerprint density at radius 1 is 0.680 bits per heavy atom. The predicted molar refractivity (Wildman–Crippen MR) is 111 cm³/mol. The standard InChI is InChI=1S/C24H47N/c1-15(2)20-10-8-17(5)12-22(20)24(14-19(7)25)23-13-18(6)9-11-21(23)16(3)4/h15-24H,8-14,25H2,1-7H3. The Balaban J connectivity index is 2.31. The first-order valence-electron chi connectivity index (χ1n) is 11.5. The van der Waals surface area contributed by atoms with Gasteiger partial charge in [-0.3, -0.25) is 0 Å². The van der Waals surface area contributed by atoms with Gasteiger partial charge in [-0.05, 0) is 92.3 Å². The van der Waals surface area contributed by atoms with E-state index in [9.17, 15) is 0 Å². The molecule has 0 radical (unpaired) electrons. The summed E-state index contributed by atoms with van der Waals surface area (Å²) in [6.07, 6.45) is 9.95. The number of nitrogens with two attached hydrogens (primary N) is 1. The largest absolute Gasteiger partial charge is 0.328 e. The molecule has 7 atom stereocenters. The average molecular weight is 350 g/mol. The zero-order valence-corrected chi connectivity index (χ0v) is 18.3. The van der Waals surface area contributed by atoms with Gasteiger partial charge in [0.05, 0.1) is 0 Å². The molecule has 0 amide bonds. The third-order valence-corrected chi connectivity index (χ3v) is 7.89. The molecule has 1 nitrogen and oxygen atoms in total. The van der Waals surface area contributed by atoms with Gasteiger partial charge in [-0.25, -0.2) is 0 Å². The van der Waals surface area contributed by atoms with Crippen molar-refractivity contribution < 1.29 is 0 Å². The van der Waals surface area contributed by atoms with Crippen molar-refractivity contribution in [1.29, 1.82) is 0 Å². The van der Waals surface area contributed by atoms with Crippen molar-refractivity contribution in [2.75, 3.05) is 0 Å². The minimum Gasteiger partial charge on any atom is -0.328 e. The number of hydrogen-bond acceptors (Lipinski definition) is 1. The summed E-state index contributed by atoms with van der Waals surface area (Å²) in [6, 6.07) is 0.347. The van der Waals surface area contributed by atoms with Crippen molar-refractivity contribution in [1.82, 2.24) is 0 Å². The summed E-state index contributed by atoms with van der Waals surface area (Å²) in [7, 11) is 0. The van der Waals surface area contributed by atoms with Crippen LogP contribution in [-0.2, 0) is 0 Å². The molecule has 0 saturated heterocycles. The van der Waals surface area contributed by atoms with Gasteiger partial charge in [-0.1, -0.05) is 54.4 Å². The summed E-state index contributed by atoms with van der Waals surface area (Å²) in [5.41, 5.74) is 6.42. The molecule has 0 aromatic rings. The van der Waals surface area contributed by atoms with E-state index in [4.69, 9.17) is 5.73 Å². The van der Waals surface area contributed by atoms with E-state index >= 15 is 0 Å². The molecular weight excluding hydrogens is 302 g/mol. The van der Waals surface area contributed by atoms with Crippen molar-refractivity contribution in [3.63, 3.8) is 0 Å². The molecule has 0 aliphatic heterocycles. The number of rotatable bonds is 6. The summed E-state index contributed by atoms with van der Waals surface area (Å²) < 4.78 is 0. The van der Waals surface area contributed by atoms with Crippen molar-refractivity contribution in [2.45, 2.75) is 99.5 Å². The SMILES string of the molecule is CC(N)CC(C1CC(C)CCC1C(C)C)C1CC(C)CCC1C(C)C. The van der Waals surface area contributed by atoms with E-state index in [1.165, 1.54) is 44.9 Å². The van der Waals surface area contributed by atoms with E-state index in [2.05, 4.69) is 48.5 Å². The van der Waals surface area contributed by atoms with Gasteiger partial charge in [0.1, 0.15) is 0 Å². The molecule has 2 aliphatic carbocycles. The van der Waals surface area contributed by atoms with E-state index in [0.717, 1.165) is 53.3 Å². The topological polar surface area (TPSA) is 26.0 Å². The van der Waals surface area contributed by atoms with Crippen LogP contribution in [0.5, 0.6) is 0 Å². The zero-order chi connectivity index (χ0) is 18.7. The highest BCUT2D eigenvalue weighted by atomic mass is 14.6. The maximum Gasteiger partial charge on any atom is 0.00133 e. The second kappa shape index (κ2) is 9.25. The van der Waals surface area contributed by atoms with E-state index in [0.29, 0.717) is 6.04 Å². The Bertz CT molecular complexity index is 354. The fraction of sp³-hybridized carbons (Fsp3) is 1.00. The van der Waals surface area contributed by atoms with Crippen molar-refractivity contribution in [2.24, 2.45) is 59.0 Å². The quantitative estimate of drug-likeness (QED) is 0.563. The molecular formula is C24H47N. The van der Waals surface area contributed by atoms with Crippen LogP contribution in [0.4, 0.5) is 0 Å². The Labute approximate surface area is 158 Å². The minimum absolute atomic E-state index is 0.347. The molecule has 1 heteroatoms. The maximum atomic E-state index is 6.42. The van der Waals surface area contributed by atoms with Gasteiger partial charge in [-0.15, -0.1) is 0 Å². The molecule has 0 spiro atoms. The summed E-state index contributed by atoms with van der Waals surface area (Å²) in [5.74, 6) is 7.99. The van der Waals surface area contributed by atoms with E-state index < -0.39 is 0 Å². The van der Waals surface area contributed by atoms with Gasteiger partial charge in [0, 0.05) is 6.04 Å². The van der Waals surface area contributed by atoms with Gasteiger partial charge < -0.3 is 5.73 Å². The van der Waals surface area contributed by atoms with Crippen LogP contribution in [-0.4, -0.2) is 6.04 Å². The van der Waals surface area contributed by atoms with Crippen LogP contribution in [0, 0.1) is 53.3 Å². The molecule has 25 heavy (non-hydrogen) atoms. The normalized spacial score (nSPS) is 39.6. The van der Waals surface area contributed by atoms with E-state index in [-0.39, 0.29) is 0 Å². The van der Waals surface area contributed by atoms with Gasteiger partial charge in [0.25, 0.3) is 0 Å². The van der Waals surface area contributed by atoms with Gasteiger partial charge in [-0.2, -0.15) is 0 Å². The minimum atomic E-state index is 0.347. The fourth-order valence-electron chi connectivity index (χ4n) is 6.63. The molecule has 0 bridgehead atoms. The zero-order valence-electron chi connectivity index (χ0n) is 18.3. The maximum absolute atomic E-state index is 6.42. The number of hydrogen-bond donors (Lipinski definition) is 1. The van der Waals surface area contributed by atoms with Crippen molar-refractivity contribution in [3.05, 3.63) is 0 Å². The third-order valence-electron chi connectivity index (χ3n) is 7.89. The molecule has 2 fully saturated rings. The summed E-state index contributed by atoms with van der Waals surface area (Å²) in [6.45, 7) is 17.1. The Morgan fingerprint density at radius 3 is 1.40 bits per heavy atom. The Kier molecular flexibility index (Phi) is 7.86. The van der Waals surface area contributed by atoms with E-state index in [1.807, 2.05) is 0 Å². The summed E-state index contributed by atoms with van der Waals surface area (Å²) >= 11 is 0. The second-order valence-corrected chi connectivity index (χ2v) is 10.9. The first-order chi connectivity index (χ1) is 11.7. The molecule has 148 valence electrons. The third kappa shape index (κ3) is 5.47. The predicted octanol–water partition coefficient (Wildman–Crippen LogP) is 6.76. The highest BCUT2D eigenvalue weighted by Crippen LogP contribution is 2.51. The molecule has 0 aromatic carbocycles. The molecule has 2 rings (SSSR count). The highest BCUT2D eigenvalue weighted by Gasteiger charge is 2.43. The first kappa shape index (κ1) is 21.3. The molecule has 0 aromatic heterocycles. The smallest absolute Gasteiger partial charge is 0.00133 e. The van der Waals surface area contributed by atoms with Crippen LogP contribution < -0.4 is 5.73 Å². The Hall–Kier alpha value is -0.0400. The van der Waals surface area contributed by atoms with Crippen LogP contribution in [0.25, 0.3) is 0 Å². The van der Waals surface area contributed by atoms with E-state index in [1.54, 1.807) is 0 Å². The van der Waals surface area contributed by atoms with Crippen molar-refractivity contribution in [3.8, 4) is 0 Å². The molecule has 2 N–H and O–H groups in total. The highest BCUT2D eigenvalue weighted by molar-refractivity contribution is 4.93. The lowest BCUT2D eigenvalue weighted by atomic mass is 9.56. The van der Waals surface area contributed by atoms with Gasteiger partial charge in [0.15, 0.2) is 0 Å². The lowest BCUT2D eigenvalue weighted by Crippen LogP contribution is -2.43. The first-order valence-corrected chi connectivity index (χ1v) is 11.5. The molecule has 0 heterocycles.